The van der Waals surface area contributed by atoms with Crippen molar-refractivity contribution in [3.8, 4) is 5.75 Å². The number of methoxy groups -OCH3 is 1. The number of benzene rings is 2. The first-order chi connectivity index (χ1) is 11.2. The zero-order chi connectivity index (χ0) is 16.2. The van der Waals surface area contributed by atoms with Crippen LogP contribution in [0.1, 0.15) is 21.6 Å². The van der Waals surface area contributed by atoms with Crippen LogP contribution in [0.4, 0.5) is 0 Å². The molecular formula is C18H19N3O2. The number of hydrogen-bond acceptors (Lipinski definition) is 3. The van der Waals surface area contributed by atoms with Gasteiger partial charge >= 0.3 is 0 Å². The second-order valence-corrected chi connectivity index (χ2v) is 5.44. The highest BCUT2D eigenvalue weighted by atomic mass is 16.5. The number of rotatable bonds is 5. The van der Waals surface area contributed by atoms with Crippen molar-refractivity contribution >= 4 is 16.8 Å². The Bertz CT molecular complexity index is 839. The van der Waals surface area contributed by atoms with Gasteiger partial charge in [0.2, 0.25) is 0 Å². The predicted octanol–water partition coefficient (Wildman–Crippen LogP) is 2.85. The average molecular weight is 309 g/mol. The Morgan fingerprint density at radius 1 is 1.26 bits per heavy atom. The van der Waals surface area contributed by atoms with Crippen molar-refractivity contribution in [2.75, 3.05) is 13.7 Å². The quantitative estimate of drug-likeness (QED) is 0.761. The number of aromatic nitrogens is 2. The van der Waals surface area contributed by atoms with Gasteiger partial charge in [-0.05, 0) is 31.0 Å². The molecule has 1 amide bonds. The molecule has 0 radical (unpaired) electrons. The summed E-state index contributed by atoms with van der Waals surface area (Å²) in [6, 6.07) is 13.6. The van der Waals surface area contributed by atoms with Crippen LogP contribution < -0.4 is 10.1 Å². The minimum Gasteiger partial charge on any atom is -0.496 e. The number of amides is 1. The third-order valence-electron chi connectivity index (χ3n) is 3.80. The van der Waals surface area contributed by atoms with Gasteiger partial charge in [0, 0.05) is 11.9 Å². The van der Waals surface area contributed by atoms with Crippen molar-refractivity contribution in [3.05, 3.63) is 59.3 Å². The molecule has 5 nitrogen and oxygen atoms in total. The van der Waals surface area contributed by atoms with Gasteiger partial charge in [-0.3, -0.25) is 9.89 Å². The maximum absolute atomic E-state index is 12.3. The maximum Gasteiger partial charge on any atom is 0.272 e. The van der Waals surface area contributed by atoms with Gasteiger partial charge in [0.05, 0.1) is 12.6 Å². The fourth-order valence-electron chi connectivity index (χ4n) is 2.63. The van der Waals surface area contributed by atoms with Crippen molar-refractivity contribution < 1.29 is 9.53 Å². The molecular weight excluding hydrogens is 290 g/mol. The molecule has 0 unspecified atom stereocenters. The second-order valence-electron chi connectivity index (χ2n) is 5.44. The summed E-state index contributed by atoms with van der Waals surface area (Å²) in [6.45, 7) is 2.57. The normalized spacial score (nSPS) is 10.7. The Kier molecular flexibility index (Phi) is 4.28. The summed E-state index contributed by atoms with van der Waals surface area (Å²) in [5.74, 6) is 0.670. The average Bonchev–Trinajstić information content (AvgIpc) is 2.99. The highest BCUT2D eigenvalue weighted by Gasteiger charge is 2.13. The Hall–Kier alpha value is -2.82. The highest BCUT2D eigenvalue weighted by molar-refractivity contribution is 6.04. The molecule has 0 spiro atoms. The first-order valence-electron chi connectivity index (χ1n) is 7.54. The van der Waals surface area contributed by atoms with E-state index in [4.69, 9.17) is 4.74 Å². The molecule has 0 bridgehead atoms. The van der Waals surface area contributed by atoms with Gasteiger partial charge in [0.25, 0.3) is 5.91 Å². The predicted molar refractivity (Wildman–Crippen MR) is 89.9 cm³/mol. The van der Waals surface area contributed by atoms with Crippen LogP contribution in [0.25, 0.3) is 10.9 Å². The maximum atomic E-state index is 12.3. The Morgan fingerprint density at radius 2 is 2.09 bits per heavy atom. The zero-order valence-electron chi connectivity index (χ0n) is 13.2. The number of nitrogens with zero attached hydrogens (tertiary/aromatic N) is 1. The van der Waals surface area contributed by atoms with Crippen LogP contribution in [0.5, 0.6) is 5.75 Å². The summed E-state index contributed by atoms with van der Waals surface area (Å²) in [5.41, 5.74) is 3.54. The fourth-order valence-corrected chi connectivity index (χ4v) is 2.63. The number of aromatic amines is 1. The van der Waals surface area contributed by atoms with Gasteiger partial charge in [-0.15, -0.1) is 0 Å². The Morgan fingerprint density at radius 3 is 2.91 bits per heavy atom. The van der Waals surface area contributed by atoms with E-state index in [-0.39, 0.29) is 5.91 Å². The number of carbonyl (C=O) groups excluding carboxylic acids is 1. The molecule has 3 rings (SSSR count). The third kappa shape index (κ3) is 3.18. The van der Waals surface area contributed by atoms with Crippen LogP contribution in [0.2, 0.25) is 0 Å². The summed E-state index contributed by atoms with van der Waals surface area (Å²) >= 11 is 0. The highest BCUT2D eigenvalue weighted by Crippen LogP contribution is 2.20. The van der Waals surface area contributed by atoms with Gasteiger partial charge < -0.3 is 10.1 Å². The smallest absolute Gasteiger partial charge is 0.272 e. The number of nitrogens with one attached hydrogen (secondary N) is 2. The van der Waals surface area contributed by atoms with E-state index in [0.717, 1.165) is 22.2 Å². The van der Waals surface area contributed by atoms with Crippen LogP contribution in [0.15, 0.2) is 42.5 Å². The van der Waals surface area contributed by atoms with E-state index in [0.29, 0.717) is 18.7 Å². The molecule has 5 heteroatoms. The van der Waals surface area contributed by atoms with Crippen molar-refractivity contribution in [2.24, 2.45) is 0 Å². The van der Waals surface area contributed by atoms with E-state index >= 15 is 0 Å². The molecule has 0 saturated carbocycles. The lowest BCUT2D eigenvalue weighted by Crippen LogP contribution is -2.26. The molecule has 1 aromatic heterocycles. The Labute approximate surface area is 134 Å². The molecule has 1 heterocycles. The van der Waals surface area contributed by atoms with E-state index in [1.165, 1.54) is 5.56 Å². The molecule has 3 aromatic rings. The summed E-state index contributed by atoms with van der Waals surface area (Å²) < 4.78 is 5.36. The fraction of sp³-hybridized carbons (Fsp3) is 0.222. The number of para-hydroxylation sites is 1. The van der Waals surface area contributed by atoms with E-state index in [9.17, 15) is 4.79 Å². The number of H-pyrrole nitrogens is 1. The number of ether oxygens (including phenoxy) is 1. The van der Waals surface area contributed by atoms with Gasteiger partial charge in [-0.1, -0.05) is 35.9 Å². The summed E-state index contributed by atoms with van der Waals surface area (Å²) in [5, 5.41) is 10.7. The molecule has 0 aliphatic carbocycles. The van der Waals surface area contributed by atoms with E-state index in [1.54, 1.807) is 7.11 Å². The monoisotopic (exact) mass is 309 g/mol. The van der Waals surface area contributed by atoms with Gasteiger partial charge in [-0.2, -0.15) is 5.10 Å². The molecule has 23 heavy (non-hydrogen) atoms. The number of carbonyl (C=O) groups is 1. The SMILES string of the molecule is COc1ccc(C)cc1CCNC(=O)c1n[nH]c2ccccc12. The summed E-state index contributed by atoms with van der Waals surface area (Å²) in [4.78, 5) is 12.3. The van der Waals surface area contributed by atoms with Gasteiger partial charge in [-0.25, -0.2) is 0 Å². The molecule has 2 N–H and O–H groups in total. The first kappa shape index (κ1) is 15.1. The third-order valence-corrected chi connectivity index (χ3v) is 3.80. The van der Waals surface area contributed by atoms with Crippen molar-refractivity contribution in [1.82, 2.24) is 15.5 Å². The standard InChI is InChI=1S/C18H19N3O2/c1-12-7-8-16(23-2)13(11-12)9-10-19-18(22)17-14-5-3-4-6-15(14)20-21-17/h3-8,11H,9-10H2,1-2H3,(H,19,22)(H,20,21). The molecule has 0 aliphatic heterocycles. The molecule has 0 saturated heterocycles. The van der Waals surface area contributed by atoms with Gasteiger partial charge in [0.15, 0.2) is 5.69 Å². The first-order valence-corrected chi connectivity index (χ1v) is 7.54. The summed E-state index contributed by atoms with van der Waals surface area (Å²) in [7, 11) is 1.66. The van der Waals surface area contributed by atoms with Crippen LogP contribution in [-0.2, 0) is 6.42 Å². The van der Waals surface area contributed by atoms with Crippen molar-refractivity contribution in [3.63, 3.8) is 0 Å². The van der Waals surface area contributed by atoms with Gasteiger partial charge in [0.1, 0.15) is 5.75 Å². The summed E-state index contributed by atoms with van der Waals surface area (Å²) in [6.07, 6.45) is 0.707. The van der Waals surface area contributed by atoms with Crippen molar-refractivity contribution in [1.29, 1.82) is 0 Å². The molecule has 2 aromatic carbocycles. The van der Waals surface area contributed by atoms with Crippen molar-refractivity contribution in [2.45, 2.75) is 13.3 Å². The lowest BCUT2D eigenvalue weighted by atomic mass is 10.1. The topological polar surface area (TPSA) is 67.0 Å². The lowest BCUT2D eigenvalue weighted by molar-refractivity contribution is 0.0950. The van der Waals surface area contributed by atoms with E-state index < -0.39 is 0 Å². The van der Waals surface area contributed by atoms with Crippen LogP contribution in [-0.4, -0.2) is 29.8 Å². The molecule has 0 fully saturated rings. The molecule has 0 aliphatic rings. The van der Waals surface area contributed by atoms with Crippen LogP contribution >= 0.6 is 0 Å². The molecule has 0 atom stereocenters. The van der Waals surface area contributed by atoms with Crippen LogP contribution in [0, 0.1) is 6.92 Å². The largest absolute Gasteiger partial charge is 0.496 e. The van der Waals surface area contributed by atoms with E-state index in [1.807, 2.05) is 43.3 Å². The number of fused-ring (bicyclic) bond motifs is 1. The minimum atomic E-state index is -0.172. The number of hydrogen-bond donors (Lipinski definition) is 2. The molecule has 118 valence electrons. The number of aryl methyl sites for hydroxylation is 1. The second kappa shape index (κ2) is 6.52. The van der Waals surface area contributed by atoms with E-state index in [2.05, 4.69) is 21.6 Å². The Balaban J connectivity index is 1.67. The van der Waals surface area contributed by atoms with Crippen LogP contribution in [0.3, 0.4) is 0 Å². The minimum absolute atomic E-state index is 0.172. The lowest BCUT2D eigenvalue weighted by Gasteiger charge is -2.10. The zero-order valence-corrected chi connectivity index (χ0v) is 13.2.